The van der Waals surface area contributed by atoms with E-state index in [0.717, 1.165) is 38.1 Å². The molecule has 0 spiro atoms. The van der Waals surface area contributed by atoms with E-state index in [-0.39, 0.29) is 5.92 Å². The summed E-state index contributed by atoms with van der Waals surface area (Å²) < 4.78 is 51.4. The zero-order valence-corrected chi connectivity index (χ0v) is 10.7. The number of benzene rings is 1. The lowest BCUT2D eigenvalue weighted by molar-refractivity contribution is -0.140. The van der Waals surface area contributed by atoms with Gasteiger partial charge in [-0.1, -0.05) is 19.4 Å². The molecule has 1 N–H and O–H groups in total. The molecule has 0 amide bonds. The standard InChI is InChI=1S/C14H17F4N/c1-2-9-8-19-6-5-11(9)10-3-4-13(15)12(7-10)14(16,17)18/h3-4,7,9,11,19H,2,5-6,8H2,1H3. The van der Waals surface area contributed by atoms with Crippen molar-refractivity contribution in [3.05, 3.63) is 35.1 Å². The van der Waals surface area contributed by atoms with Crippen LogP contribution in [0.5, 0.6) is 0 Å². The Labute approximate surface area is 110 Å². The van der Waals surface area contributed by atoms with E-state index in [9.17, 15) is 17.6 Å². The Morgan fingerprint density at radius 2 is 2.05 bits per heavy atom. The lowest BCUT2D eigenvalue weighted by atomic mass is 9.79. The molecule has 0 aliphatic carbocycles. The van der Waals surface area contributed by atoms with Gasteiger partial charge in [-0.2, -0.15) is 13.2 Å². The fraction of sp³-hybridized carbons (Fsp3) is 0.571. The Morgan fingerprint density at radius 3 is 2.68 bits per heavy atom. The molecule has 0 saturated carbocycles. The van der Waals surface area contributed by atoms with Gasteiger partial charge in [-0.25, -0.2) is 4.39 Å². The summed E-state index contributed by atoms with van der Waals surface area (Å²) in [7, 11) is 0. The third-order valence-electron chi connectivity index (χ3n) is 3.86. The minimum absolute atomic E-state index is 0.0768. The predicted molar refractivity (Wildman–Crippen MR) is 65.4 cm³/mol. The summed E-state index contributed by atoms with van der Waals surface area (Å²) in [6.07, 6.45) is -2.94. The van der Waals surface area contributed by atoms with Gasteiger partial charge in [0.15, 0.2) is 0 Å². The maximum atomic E-state index is 13.3. The second-order valence-corrected chi connectivity index (χ2v) is 5.00. The SMILES string of the molecule is CCC1CNCCC1c1ccc(F)c(C(F)(F)F)c1. The fourth-order valence-corrected chi connectivity index (χ4v) is 2.78. The van der Waals surface area contributed by atoms with Crippen molar-refractivity contribution < 1.29 is 17.6 Å². The molecule has 0 aromatic heterocycles. The number of rotatable bonds is 2. The lowest BCUT2D eigenvalue weighted by Crippen LogP contribution is -2.35. The first-order chi connectivity index (χ1) is 8.93. The van der Waals surface area contributed by atoms with E-state index in [1.807, 2.05) is 6.92 Å². The first-order valence-corrected chi connectivity index (χ1v) is 6.50. The molecule has 1 aromatic rings. The number of piperidine rings is 1. The maximum Gasteiger partial charge on any atom is 0.419 e. The minimum atomic E-state index is -4.63. The molecule has 5 heteroatoms. The first kappa shape index (κ1) is 14.3. The highest BCUT2D eigenvalue weighted by atomic mass is 19.4. The molecule has 1 aliphatic heterocycles. The van der Waals surface area contributed by atoms with Crippen LogP contribution in [0.15, 0.2) is 18.2 Å². The molecule has 0 bridgehead atoms. The van der Waals surface area contributed by atoms with Gasteiger partial charge < -0.3 is 5.32 Å². The molecule has 2 unspecified atom stereocenters. The molecule has 1 nitrogen and oxygen atoms in total. The van der Waals surface area contributed by atoms with Gasteiger partial charge in [0.25, 0.3) is 0 Å². The maximum absolute atomic E-state index is 13.3. The summed E-state index contributed by atoms with van der Waals surface area (Å²) >= 11 is 0. The Morgan fingerprint density at radius 1 is 1.32 bits per heavy atom. The van der Waals surface area contributed by atoms with Gasteiger partial charge in [0.2, 0.25) is 0 Å². The van der Waals surface area contributed by atoms with E-state index >= 15 is 0 Å². The Bertz CT molecular complexity index is 442. The highest BCUT2D eigenvalue weighted by Crippen LogP contribution is 2.37. The van der Waals surface area contributed by atoms with Crippen molar-refractivity contribution in [2.75, 3.05) is 13.1 Å². The van der Waals surface area contributed by atoms with Crippen LogP contribution in [0.25, 0.3) is 0 Å². The average Bonchev–Trinajstić information content (AvgIpc) is 2.38. The van der Waals surface area contributed by atoms with Gasteiger partial charge in [-0.15, -0.1) is 0 Å². The van der Waals surface area contributed by atoms with E-state index in [1.165, 1.54) is 6.07 Å². The van der Waals surface area contributed by atoms with Crippen LogP contribution in [0.4, 0.5) is 17.6 Å². The molecular weight excluding hydrogens is 258 g/mol. The summed E-state index contributed by atoms with van der Waals surface area (Å²) in [6.45, 7) is 3.62. The highest BCUT2D eigenvalue weighted by molar-refractivity contribution is 5.30. The average molecular weight is 275 g/mol. The third kappa shape index (κ3) is 3.08. The van der Waals surface area contributed by atoms with Crippen LogP contribution in [0.3, 0.4) is 0 Å². The third-order valence-corrected chi connectivity index (χ3v) is 3.86. The van der Waals surface area contributed by atoms with Gasteiger partial charge in [0.1, 0.15) is 5.82 Å². The largest absolute Gasteiger partial charge is 0.419 e. The highest BCUT2D eigenvalue weighted by Gasteiger charge is 2.35. The first-order valence-electron chi connectivity index (χ1n) is 6.50. The van der Waals surface area contributed by atoms with Crippen molar-refractivity contribution in [2.24, 2.45) is 5.92 Å². The Hall–Kier alpha value is -1.10. The molecule has 1 fully saturated rings. The summed E-state index contributed by atoms with van der Waals surface area (Å²) in [5.74, 6) is -0.813. The quantitative estimate of drug-likeness (QED) is 0.806. The summed E-state index contributed by atoms with van der Waals surface area (Å²) in [5.41, 5.74) is -0.555. The normalized spacial score (nSPS) is 24.5. The van der Waals surface area contributed by atoms with Gasteiger partial charge in [0, 0.05) is 0 Å². The van der Waals surface area contributed by atoms with Crippen LogP contribution in [0.2, 0.25) is 0 Å². The molecule has 1 saturated heterocycles. The van der Waals surface area contributed by atoms with Crippen LogP contribution < -0.4 is 5.32 Å². The van der Waals surface area contributed by atoms with E-state index < -0.39 is 17.6 Å². The van der Waals surface area contributed by atoms with Crippen molar-refractivity contribution in [2.45, 2.75) is 31.9 Å². The summed E-state index contributed by atoms with van der Waals surface area (Å²) in [4.78, 5) is 0. The second kappa shape index (κ2) is 5.49. The smallest absolute Gasteiger partial charge is 0.316 e. The van der Waals surface area contributed by atoms with Crippen LogP contribution in [-0.4, -0.2) is 13.1 Å². The molecule has 0 radical (unpaired) electrons. The topological polar surface area (TPSA) is 12.0 Å². The molecule has 1 aliphatic rings. The van der Waals surface area contributed by atoms with Crippen molar-refractivity contribution in [1.82, 2.24) is 5.32 Å². The van der Waals surface area contributed by atoms with Crippen LogP contribution in [-0.2, 0) is 6.18 Å². The van der Waals surface area contributed by atoms with Gasteiger partial charge in [0.05, 0.1) is 5.56 Å². The monoisotopic (exact) mass is 275 g/mol. The van der Waals surface area contributed by atoms with Gasteiger partial charge >= 0.3 is 6.18 Å². The number of nitrogens with one attached hydrogen (secondary N) is 1. The lowest BCUT2D eigenvalue weighted by Gasteiger charge is -2.32. The number of hydrogen-bond acceptors (Lipinski definition) is 1. The van der Waals surface area contributed by atoms with Crippen molar-refractivity contribution >= 4 is 0 Å². The van der Waals surface area contributed by atoms with Crippen molar-refractivity contribution in [3.8, 4) is 0 Å². The molecule has 2 atom stereocenters. The van der Waals surface area contributed by atoms with Crippen LogP contribution in [0.1, 0.15) is 36.8 Å². The molecular formula is C14H17F4N. The van der Waals surface area contributed by atoms with Gasteiger partial charge in [-0.3, -0.25) is 0 Å². The number of alkyl halides is 3. The summed E-state index contributed by atoms with van der Waals surface area (Å²) in [5, 5.41) is 3.25. The molecule has 1 aromatic carbocycles. The van der Waals surface area contributed by atoms with Crippen LogP contribution >= 0.6 is 0 Å². The number of halogens is 4. The van der Waals surface area contributed by atoms with E-state index in [4.69, 9.17) is 0 Å². The summed E-state index contributed by atoms with van der Waals surface area (Å²) in [6, 6.07) is 3.41. The van der Waals surface area contributed by atoms with E-state index in [0.29, 0.717) is 11.5 Å². The zero-order valence-electron chi connectivity index (χ0n) is 10.7. The zero-order chi connectivity index (χ0) is 14.0. The predicted octanol–water partition coefficient (Wildman–Crippen LogP) is 3.95. The molecule has 106 valence electrons. The molecule has 2 rings (SSSR count). The minimum Gasteiger partial charge on any atom is -0.316 e. The molecule has 1 heterocycles. The fourth-order valence-electron chi connectivity index (χ4n) is 2.78. The Balaban J connectivity index is 2.34. The number of hydrogen-bond donors (Lipinski definition) is 1. The van der Waals surface area contributed by atoms with E-state index in [1.54, 1.807) is 0 Å². The molecule has 19 heavy (non-hydrogen) atoms. The second-order valence-electron chi connectivity index (χ2n) is 5.00. The van der Waals surface area contributed by atoms with Gasteiger partial charge in [-0.05, 0) is 49.0 Å². The van der Waals surface area contributed by atoms with E-state index in [2.05, 4.69) is 5.32 Å². The van der Waals surface area contributed by atoms with Crippen molar-refractivity contribution in [3.63, 3.8) is 0 Å². The Kier molecular flexibility index (Phi) is 4.13. The van der Waals surface area contributed by atoms with Crippen LogP contribution in [0, 0.1) is 11.7 Å². The van der Waals surface area contributed by atoms with Crippen molar-refractivity contribution in [1.29, 1.82) is 0 Å².